The van der Waals surface area contributed by atoms with Crippen LogP contribution in [0, 0.1) is 18.7 Å². The largest absolute Gasteiger partial charge is 0.497 e. The first-order chi connectivity index (χ1) is 15.4. The van der Waals surface area contributed by atoms with Crippen LogP contribution in [0.2, 0.25) is 0 Å². The van der Waals surface area contributed by atoms with Gasteiger partial charge in [-0.3, -0.25) is 9.59 Å². The molecule has 2 heterocycles. The van der Waals surface area contributed by atoms with Gasteiger partial charge in [-0.15, -0.1) is 5.10 Å². The third kappa shape index (κ3) is 4.77. The van der Waals surface area contributed by atoms with Crippen LogP contribution in [-0.4, -0.2) is 51.9 Å². The predicted octanol–water partition coefficient (Wildman–Crippen LogP) is 2.50. The molecule has 0 bridgehead atoms. The van der Waals surface area contributed by atoms with Gasteiger partial charge in [-0.1, -0.05) is 17.3 Å². The number of methoxy groups -OCH3 is 1. The van der Waals surface area contributed by atoms with Crippen molar-refractivity contribution in [2.45, 2.75) is 19.9 Å². The molecule has 166 valence electrons. The summed E-state index contributed by atoms with van der Waals surface area (Å²) in [6, 6.07) is 12.2. The number of halogens is 1. The molecule has 1 aliphatic heterocycles. The highest BCUT2D eigenvalue weighted by Gasteiger charge is 2.30. The zero-order valence-electron chi connectivity index (χ0n) is 17.9. The molecular weight excluding hydrogens is 413 g/mol. The van der Waals surface area contributed by atoms with Crippen molar-refractivity contribution in [2.24, 2.45) is 5.92 Å². The van der Waals surface area contributed by atoms with Crippen LogP contribution in [0.25, 0.3) is 5.69 Å². The monoisotopic (exact) mass is 437 g/mol. The number of aryl methyl sites for hydroxylation is 1. The van der Waals surface area contributed by atoms with Gasteiger partial charge in [0.1, 0.15) is 11.6 Å². The fraction of sp³-hybridized carbons (Fsp3) is 0.304. The number of ether oxygens (including phenoxy) is 1. The molecule has 9 heteroatoms. The Hall–Kier alpha value is -3.75. The molecule has 1 atom stereocenters. The van der Waals surface area contributed by atoms with Crippen molar-refractivity contribution >= 4 is 11.8 Å². The minimum atomic E-state index is -0.365. The van der Waals surface area contributed by atoms with Crippen molar-refractivity contribution in [3.8, 4) is 11.4 Å². The van der Waals surface area contributed by atoms with E-state index in [0.29, 0.717) is 37.3 Å². The summed E-state index contributed by atoms with van der Waals surface area (Å²) in [5, 5.41) is 10.7. The fourth-order valence-electron chi connectivity index (χ4n) is 3.69. The number of aromatic nitrogens is 3. The van der Waals surface area contributed by atoms with E-state index in [1.807, 2.05) is 24.3 Å². The second kappa shape index (κ2) is 9.17. The Morgan fingerprint density at radius 2 is 2.03 bits per heavy atom. The molecule has 0 saturated carbocycles. The molecule has 2 amide bonds. The molecule has 8 nitrogen and oxygen atoms in total. The van der Waals surface area contributed by atoms with Crippen LogP contribution in [0.4, 0.5) is 4.39 Å². The van der Waals surface area contributed by atoms with Crippen LogP contribution in [0.3, 0.4) is 0 Å². The second-order valence-corrected chi connectivity index (χ2v) is 7.88. The number of carbonyl (C=O) groups excluding carboxylic acids is 2. The van der Waals surface area contributed by atoms with Gasteiger partial charge in [-0.2, -0.15) is 0 Å². The third-order valence-corrected chi connectivity index (χ3v) is 5.51. The van der Waals surface area contributed by atoms with Gasteiger partial charge in [-0.25, -0.2) is 9.07 Å². The van der Waals surface area contributed by atoms with E-state index in [2.05, 4.69) is 15.6 Å². The maximum Gasteiger partial charge on any atom is 0.273 e. The number of amides is 2. The lowest BCUT2D eigenvalue weighted by Crippen LogP contribution is -2.31. The first-order valence-electron chi connectivity index (χ1n) is 10.3. The van der Waals surface area contributed by atoms with E-state index in [4.69, 9.17) is 4.74 Å². The van der Waals surface area contributed by atoms with Crippen LogP contribution in [0.5, 0.6) is 5.75 Å². The number of rotatable bonds is 7. The first-order valence-corrected chi connectivity index (χ1v) is 10.3. The number of benzene rings is 2. The topological polar surface area (TPSA) is 89.3 Å². The highest BCUT2D eigenvalue weighted by molar-refractivity contribution is 5.92. The number of carbonyl (C=O) groups is 2. The lowest BCUT2D eigenvalue weighted by molar-refractivity contribution is -0.128. The number of likely N-dealkylation sites (tertiary alicyclic amines) is 1. The molecule has 1 N–H and O–H groups in total. The van der Waals surface area contributed by atoms with Crippen LogP contribution >= 0.6 is 0 Å². The van der Waals surface area contributed by atoms with E-state index in [9.17, 15) is 14.0 Å². The summed E-state index contributed by atoms with van der Waals surface area (Å²) in [7, 11) is 1.61. The number of hydrogen-bond acceptors (Lipinski definition) is 5. The maximum absolute atomic E-state index is 13.5. The number of hydrogen-bond donors (Lipinski definition) is 1. The maximum atomic E-state index is 13.5. The van der Waals surface area contributed by atoms with E-state index in [1.54, 1.807) is 31.1 Å². The molecule has 1 saturated heterocycles. The average molecular weight is 437 g/mol. The smallest absolute Gasteiger partial charge is 0.273 e. The van der Waals surface area contributed by atoms with Crippen molar-refractivity contribution in [1.82, 2.24) is 25.2 Å². The van der Waals surface area contributed by atoms with Gasteiger partial charge in [0.25, 0.3) is 5.91 Å². The van der Waals surface area contributed by atoms with Crippen molar-refractivity contribution in [3.63, 3.8) is 0 Å². The highest BCUT2D eigenvalue weighted by Crippen LogP contribution is 2.21. The summed E-state index contributed by atoms with van der Waals surface area (Å²) >= 11 is 0. The Morgan fingerprint density at radius 1 is 1.25 bits per heavy atom. The summed E-state index contributed by atoms with van der Waals surface area (Å²) in [6.07, 6.45) is 1.88. The Kier molecular flexibility index (Phi) is 6.16. The third-order valence-electron chi connectivity index (χ3n) is 5.51. The lowest BCUT2D eigenvalue weighted by atomic mass is 10.1. The molecule has 1 aliphatic rings. The minimum absolute atomic E-state index is 0.0273. The van der Waals surface area contributed by atoms with Crippen molar-refractivity contribution in [2.75, 3.05) is 20.2 Å². The van der Waals surface area contributed by atoms with Crippen LogP contribution in [0.1, 0.15) is 28.0 Å². The van der Waals surface area contributed by atoms with E-state index in [1.165, 1.54) is 16.9 Å². The van der Waals surface area contributed by atoms with E-state index < -0.39 is 0 Å². The molecule has 1 unspecified atom stereocenters. The molecule has 2 aromatic carbocycles. The fourth-order valence-corrected chi connectivity index (χ4v) is 3.69. The molecule has 0 radical (unpaired) electrons. The summed E-state index contributed by atoms with van der Waals surface area (Å²) in [4.78, 5) is 26.7. The Bertz CT molecular complexity index is 1130. The summed E-state index contributed by atoms with van der Waals surface area (Å²) < 4.78 is 20.0. The van der Waals surface area contributed by atoms with Gasteiger partial charge >= 0.3 is 0 Å². The first kappa shape index (κ1) is 21.5. The van der Waals surface area contributed by atoms with Gasteiger partial charge in [0, 0.05) is 32.0 Å². The normalized spacial score (nSPS) is 15.8. The van der Waals surface area contributed by atoms with Gasteiger partial charge in [0.2, 0.25) is 5.91 Å². The van der Waals surface area contributed by atoms with Crippen molar-refractivity contribution in [1.29, 1.82) is 0 Å². The van der Waals surface area contributed by atoms with E-state index >= 15 is 0 Å². The Labute approximate surface area is 185 Å². The average Bonchev–Trinajstić information content (AvgIpc) is 3.42. The predicted molar refractivity (Wildman–Crippen MR) is 115 cm³/mol. The molecule has 3 aromatic rings. The molecule has 4 rings (SSSR count). The summed E-state index contributed by atoms with van der Waals surface area (Å²) in [5.41, 5.74) is 2.28. The number of nitrogens with zero attached hydrogens (tertiary/aromatic N) is 4. The van der Waals surface area contributed by atoms with Gasteiger partial charge in [-0.05, 0) is 48.4 Å². The minimum Gasteiger partial charge on any atom is -0.497 e. The molecular formula is C23H24FN5O3. The van der Waals surface area contributed by atoms with Crippen molar-refractivity contribution in [3.05, 3.63) is 71.3 Å². The molecule has 1 aromatic heterocycles. The van der Waals surface area contributed by atoms with Crippen molar-refractivity contribution < 1.29 is 18.7 Å². The molecule has 0 spiro atoms. The zero-order chi connectivity index (χ0) is 22.7. The van der Waals surface area contributed by atoms with Gasteiger partial charge in [0.05, 0.1) is 19.0 Å². The molecule has 32 heavy (non-hydrogen) atoms. The van der Waals surface area contributed by atoms with Gasteiger partial charge < -0.3 is 15.0 Å². The number of nitrogens with one attached hydrogen (secondary N) is 1. The van der Waals surface area contributed by atoms with Crippen LogP contribution in [0.15, 0.2) is 48.7 Å². The van der Waals surface area contributed by atoms with Crippen LogP contribution in [-0.2, 0) is 11.3 Å². The van der Waals surface area contributed by atoms with E-state index in [0.717, 1.165) is 11.3 Å². The second-order valence-electron chi connectivity index (χ2n) is 7.88. The molecule has 0 aliphatic carbocycles. The Morgan fingerprint density at radius 3 is 2.75 bits per heavy atom. The summed E-state index contributed by atoms with van der Waals surface area (Å²) in [6.45, 7) is 3.13. The summed E-state index contributed by atoms with van der Waals surface area (Å²) in [5.74, 6) is 0.195. The van der Waals surface area contributed by atoms with Gasteiger partial charge in [0.15, 0.2) is 5.69 Å². The quantitative estimate of drug-likeness (QED) is 0.614. The lowest BCUT2D eigenvalue weighted by Gasteiger charge is -2.17. The van der Waals surface area contributed by atoms with Crippen LogP contribution < -0.4 is 10.1 Å². The SMILES string of the molecule is COc1ccc(CN2CC(CNC(=O)c3cn(-c4ccc(F)c(C)c4)nn3)CC2=O)cc1. The highest BCUT2D eigenvalue weighted by atomic mass is 19.1. The standard InChI is InChI=1S/C23H24FN5O3/c1-15-9-18(5-8-20(15)24)29-14-21(26-27-29)23(31)25-11-17-10-22(30)28(13-17)12-16-3-6-19(32-2)7-4-16/h3-9,14,17H,10-13H2,1-2H3,(H,25,31). The zero-order valence-corrected chi connectivity index (χ0v) is 17.9. The van der Waals surface area contributed by atoms with E-state index in [-0.39, 0.29) is 29.2 Å². The Balaban J connectivity index is 1.31. The molecule has 1 fully saturated rings.